The maximum Gasteiger partial charge on any atom is 0.0734 e. The summed E-state index contributed by atoms with van der Waals surface area (Å²) < 4.78 is 5.03. The van der Waals surface area contributed by atoms with Crippen LogP contribution in [0.5, 0.6) is 0 Å². The van der Waals surface area contributed by atoms with Crippen LogP contribution in [0.4, 0.5) is 17.1 Å². The van der Waals surface area contributed by atoms with Crippen molar-refractivity contribution in [2.45, 2.75) is 5.41 Å². The third kappa shape index (κ3) is 6.12. The zero-order valence-electron chi connectivity index (χ0n) is 38.2. The number of aromatic nitrogens is 1. The lowest BCUT2D eigenvalue weighted by molar-refractivity contribution is 0.768. The van der Waals surface area contributed by atoms with E-state index in [0.717, 1.165) is 22.7 Å². The van der Waals surface area contributed by atoms with E-state index < -0.39 is 5.41 Å². The van der Waals surface area contributed by atoms with E-state index in [1.165, 1.54) is 97.6 Å². The van der Waals surface area contributed by atoms with Gasteiger partial charge in [-0.3, -0.25) is 0 Å². The molecule has 1 aliphatic carbocycles. The van der Waals surface area contributed by atoms with Crippen LogP contribution in [0.2, 0.25) is 0 Å². The summed E-state index contributed by atoms with van der Waals surface area (Å²) in [6.07, 6.45) is 0. The van der Waals surface area contributed by atoms with Crippen LogP contribution >= 0.6 is 11.3 Å². The minimum absolute atomic E-state index is 0.593. The molecule has 0 fully saturated rings. The minimum Gasteiger partial charge on any atom is -0.310 e. The highest BCUT2D eigenvalue weighted by molar-refractivity contribution is 7.25. The molecule has 0 atom stereocenters. The molecule has 70 heavy (non-hydrogen) atoms. The fraction of sp³-hybridized carbons (Fsp3) is 0.0149. The molecule has 0 saturated heterocycles. The van der Waals surface area contributed by atoms with Crippen LogP contribution in [0.15, 0.2) is 267 Å². The number of thiophene rings is 1. The molecule has 0 saturated carbocycles. The lowest BCUT2D eigenvalue weighted by Gasteiger charge is -2.38. The highest BCUT2D eigenvalue weighted by Gasteiger charge is 2.48. The van der Waals surface area contributed by atoms with E-state index in [4.69, 9.17) is 0 Å². The van der Waals surface area contributed by atoms with Gasteiger partial charge in [-0.2, -0.15) is 0 Å². The normalized spacial score (nSPS) is 12.7. The molecule has 0 unspecified atom stereocenters. The molecular weight excluding hydrogens is 865 g/mol. The Balaban J connectivity index is 0.976. The van der Waals surface area contributed by atoms with Gasteiger partial charge in [-0.1, -0.05) is 194 Å². The zero-order valence-corrected chi connectivity index (χ0v) is 39.0. The average Bonchev–Trinajstić information content (AvgIpc) is 4.09. The predicted molar refractivity (Wildman–Crippen MR) is 297 cm³/mol. The first-order valence-corrected chi connectivity index (χ1v) is 24.9. The van der Waals surface area contributed by atoms with Gasteiger partial charge in [0.2, 0.25) is 0 Å². The topological polar surface area (TPSA) is 8.17 Å². The van der Waals surface area contributed by atoms with Crippen molar-refractivity contribution in [1.82, 2.24) is 4.57 Å². The molecule has 0 bridgehead atoms. The molecular formula is C67H44N2S. The number of para-hydroxylation sites is 2. The summed E-state index contributed by atoms with van der Waals surface area (Å²) in [5.74, 6) is 0. The summed E-state index contributed by atoms with van der Waals surface area (Å²) in [4.78, 5) is 2.50. The summed E-state index contributed by atoms with van der Waals surface area (Å²) in [6, 6.07) is 98.6. The Kier molecular flexibility index (Phi) is 9.33. The number of anilines is 3. The molecule has 0 amide bonds. The van der Waals surface area contributed by atoms with Crippen LogP contribution in [-0.4, -0.2) is 4.57 Å². The predicted octanol–water partition coefficient (Wildman–Crippen LogP) is 18.3. The lowest BCUT2D eigenvalue weighted by atomic mass is 9.67. The summed E-state index contributed by atoms with van der Waals surface area (Å²) in [5.41, 5.74) is 18.6. The van der Waals surface area contributed by atoms with Crippen LogP contribution < -0.4 is 4.90 Å². The van der Waals surface area contributed by atoms with E-state index in [0.29, 0.717) is 0 Å². The van der Waals surface area contributed by atoms with Gasteiger partial charge in [0.15, 0.2) is 0 Å². The van der Waals surface area contributed by atoms with Crippen LogP contribution in [0.1, 0.15) is 22.3 Å². The largest absolute Gasteiger partial charge is 0.310 e. The maximum absolute atomic E-state index is 2.50. The second kappa shape index (κ2) is 16.2. The van der Waals surface area contributed by atoms with Crippen molar-refractivity contribution >= 4 is 70.4 Å². The molecule has 0 N–H and O–H groups in total. The fourth-order valence-electron chi connectivity index (χ4n) is 11.7. The van der Waals surface area contributed by atoms with Crippen molar-refractivity contribution in [3.05, 3.63) is 289 Å². The third-order valence-corrected chi connectivity index (χ3v) is 15.8. The van der Waals surface area contributed by atoms with E-state index in [1.54, 1.807) is 0 Å². The van der Waals surface area contributed by atoms with Gasteiger partial charge in [0, 0.05) is 53.6 Å². The Labute approximate surface area is 411 Å². The highest BCUT2D eigenvalue weighted by atomic mass is 32.1. The van der Waals surface area contributed by atoms with Gasteiger partial charge in [0.25, 0.3) is 0 Å². The minimum atomic E-state index is -0.593. The molecule has 0 aliphatic heterocycles. The van der Waals surface area contributed by atoms with Gasteiger partial charge < -0.3 is 9.47 Å². The molecule has 0 spiro atoms. The van der Waals surface area contributed by atoms with Crippen molar-refractivity contribution in [2.24, 2.45) is 0 Å². The molecule has 14 rings (SSSR count). The Morgan fingerprint density at radius 2 is 0.900 bits per heavy atom. The smallest absolute Gasteiger partial charge is 0.0734 e. The van der Waals surface area contributed by atoms with E-state index in [2.05, 4.69) is 276 Å². The van der Waals surface area contributed by atoms with Crippen LogP contribution in [0, 0.1) is 0 Å². The SMILES string of the molecule is c1ccc(-n2c3ccccc3c3c(-c4ccc(N(c5ccc(-c6ccc7sc8ccccc8c7c6)cc5)c5cccc6c5C(c5ccccc5)(c5ccccc5)c5ccccc5-6)cc4)cccc32)cc1. The zero-order chi connectivity index (χ0) is 46.2. The monoisotopic (exact) mass is 908 g/mol. The van der Waals surface area contributed by atoms with Crippen molar-refractivity contribution in [3.8, 4) is 39.1 Å². The van der Waals surface area contributed by atoms with Crippen LogP contribution in [0.25, 0.3) is 81.0 Å². The second-order valence-corrected chi connectivity index (χ2v) is 19.4. The van der Waals surface area contributed by atoms with Gasteiger partial charge in [-0.25, -0.2) is 0 Å². The average molecular weight is 909 g/mol. The van der Waals surface area contributed by atoms with Crippen molar-refractivity contribution in [3.63, 3.8) is 0 Å². The molecule has 11 aromatic carbocycles. The van der Waals surface area contributed by atoms with Gasteiger partial charge in [0.1, 0.15) is 0 Å². The van der Waals surface area contributed by atoms with Gasteiger partial charge in [-0.05, 0) is 123 Å². The first-order chi connectivity index (χ1) is 34.7. The molecule has 13 aromatic rings. The molecule has 2 aromatic heterocycles. The number of hydrogen-bond donors (Lipinski definition) is 0. The number of nitrogens with zero attached hydrogens (tertiary/aromatic N) is 2. The number of hydrogen-bond acceptors (Lipinski definition) is 2. The summed E-state index contributed by atoms with van der Waals surface area (Å²) >= 11 is 1.86. The Hall–Kier alpha value is -8.76. The van der Waals surface area contributed by atoms with Gasteiger partial charge in [0.05, 0.1) is 22.1 Å². The van der Waals surface area contributed by atoms with Crippen molar-refractivity contribution in [2.75, 3.05) is 4.90 Å². The van der Waals surface area contributed by atoms with E-state index >= 15 is 0 Å². The fourth-order valence-corrected chi connectivity index (χ4v) is 12.8. The molecule has 1 aliphatic rings. The first-order valence-electron chi connectivity index (χ1n) is 24.1. The number of fused-ring (bicyclic) bond motifs is 9. The van der Waals surface area contributed by atoms with Gasteiger partial charge >= 0.3 is 0 Å². The van der Waals surface area contributed by atoms with Gasteiger partial charge in [-0.15, -0.1) is 11.3 Å². The van der Waals surface area contributed by atoms with E-state index in [1.807, 2.05) is 11.3 Å². The quantitative estimate of drug-likeness (QED) is 0.147. The van der Waals surface area contributed by atoms with Crippen molar-refractivity contribution < 1.29 is 0 Å². The Morgan fingerprint density at radius 1 is 0.357 bits per heavy atom. The van der Waals surface area contributed by atoms with Crippen LogP contribution in [0.3, 0.4) is 0 Å². The summed E-state index contributed by atoms with van der Waals surface area (Å²) in [7, 11) is 0. The number of benzene rings is 11. The lowest BCUT2D eigenvalue weighted by Crippen LogP contribution is -2.30. The summed E-state index contributed by atoms with van der Waals surface area (Å²) in [5, 5.41) is 5.12. The molecule has 0 radical (unpaired) electrons. The molecule has 328 valence electrons. The van der Waals surface area contributed by atoms with Crippen molar-refractivity contribution in [1.29, 1.82) is 0 Å². The Morgan fingerprint density at radius 3 is 1.64 bits per heavy atom. The standard InChI is InChI=1S/C67H44N2S/c1-4-18-48(19-5-1)67(49-20-6-2-7-21-49)59-29-13-10-24-54(59)56-28-17-32-62(66(56)67)68(51-39-34-45(35-40-51)47-38-43-64-58(44-47)55-25-12-15-33-63(55)70-64)52-41-36-46(37-42-52)53-27-16-31-61-65(53)57-26-11-14-30-60(57)69(61)50-22-8-3-9-23-50/h1-44H. The highest BCUT2D eigenvalue weighted by Crippen LogP contribution is 2.60. The molecule has 3 heteroatoms. The molecule has 2 nitrogen and oxygen atoms in total. The second-order valence-electron chi connectivity index (χ2n) is 18.4. The van der Waals surface area contributed by atoms with E-state index in [-0.39, 0.29) is 0 Å². The molecule has 2 heterocycles. The van der Waals surface area contributed by atoms with Crippen LogP contribution in [-0.2, 0) is 5.41 Å². The maximum atomic E-state index is 2.50. The number of rotatable bonds is 8. The third-order valence-electron chi connectivity index (χ3n) is 14.7. The van der Waals surface area contributed by atoms with E-state index in [9.17, 15) is 0 Å². The summed E-state index contributed by atoms with van der Waals surface area (Å²) in [6.45, 7) is 0. The first kappa shape index (κ1) is 40.3. The Bertz CT molecular complexity index is 4050.